The van der Waals surface area contributed by atoms with E-state index in [1.807, 2.05) is 6.92 Å². The molecule has 0 bridgehead atoms. The SMILES string of the molecule is CCCOC(=O)c1ccc(Br)cc1N. The number of halogens is 1. The smallest absolute Gasteiger partial charge is 0.340 e. The molecule has 14 heavy (non-hydrogen) atoms. The van der Waals surface area contributed by atoms with E-state index in [0.717, 1.165) is 10.9 Å². The molecule has 0 spiro atoms. The highest BCUT2D eigenvalue weighted by Gasteiger charge is 2.10. The first kappa shape index (κ1) is 11.0. The van der Waals surface area contributed by atoms with Crippen molar-refractivity contribution in [3.8, 4) is 0 Å². The van der Waals surface area contributed by atoms with Gasteiger partial charge < -0.3 is 10.5 Å². The molecule has 0 amide bonds. The molecule has 0 aliphatic rings. The molecule has 0 aliphatic carbocycles. The fourth-order valence-corrected chi connectivity index (χ4v) is 1.37. The third-order valence-corrected chi connectivity index (χ3v) is 2.16. The topological polar surface area (TPSA) is 52.3 Å². The Bertz CT molecular complexity index is 339. The maximum atomic E-state index is 11.4. The number of ether oxygens (including phenoxy) is 1. The Kier molecular flexibility index (Phi) is 3.95. The lowest BCUT2D eigenvalue weighted by atomic mass is 10.2. The molecule has 0 saturated heterocycles. The summed E-state index contributed by atoms with van der Waals surface area (Å²) in [6.07, 6.45) is 0.808. The van der Waals surface area contributed by atoms with Crippen LogP contribution in [0.4, 0.5) is 5.69 Å². The van der Waals surface area contributed by atoms with Crippen molar-refractivity contribution in [2.45, 2.75) is 13.3 Å². The van der Waals surface area contributed by atoms with Crippen LogP contribution >= 0.6 is 15.9 Å². The van der Waals surface area contributed by atoms with Gasteiger partial charge in [0, 0.05) is 10.2 Å². The summed E-state index contributed by atoms with van der Waals surface area (Å²) in [4.78, 5) is 11.4. The van der Waals surface area contributed by atoms with Gasteiger partial charge >= 0.3 is 5.97 Å². The molecule has 0 heterocycles. The largest absolute Gasteiger partial charge is 0.462 e. The Balaban J connectivity index is 2.80. The molecule has 4 heteroatoms. The molecule has 0 aliphatic heterocycles. The van der Waals surface area contributed by atoms with Gasteiger partial charge in [-0.25, -0.2) is 4.79 Å². The van der Waals surface area contributed by atoms with Gasteiger partial charge in [0.25, 0.3) is 0 Å². The van der Waals surface area contributed by atoms with E-state index >= 15 is 0 Å². The Hall–Kier alpha value is -1.03. The summed E-state index contributed by atoms with van der Waals surface area (Å²) in [5, 5.41) is 0. The Morgan fingerprint density at radius 1 is 1.57 bits per heavy atom. The average Bonchev–Trinajstić information content (AvgIpc) is 2.14. The van der Waals surface area contributed by atoms with Gasteiger partial charge in [-0.2, -0.15) is 0 Å². The Labute approximate surface area is 91.4 Å². The normalized spacial score (nSPS) is 9.86. The third kappa shape index (κ3) is 2.73. The zero-order valence-corrected chi connectivity index (χ0v) is 9.50. The van der Waals surface area contributed by atoms with Gasteiger partial charge in [0.1, 0.15) is 0 Å². The number of benzene rings is 1. The minimum absolute atomic E-state index is 0.364. The van der Waals surface area contributed by atoms with Crippen LogP contribution in [0.25, 0.3) is 0 Å². The zero-order valence-electron chi connectivity index (χ0n) is 7.92. The van der Waals surface area contributed by atoms with Crippen LogP contribution in [0.5, 0.6) is 0 Å². The first-order valence-corrected chi connectivity index (χ1v) is 5.16. The highest BCUT2D eigenvalue weighted by Crippen LogP contribution is 2.19. The lowest BCUT2D eigenvalue weighted by Gasteiger charge is -2.05. The molecule has 0 radical (unpaired) electrons. The first-order chi connectivity index (χ1) is 6.65. The van der Waals surface area contributed by atoms with Gasteiger partial charge in [0.2, 0.25) is 0 Å². The fourth-order valence-electron chi connectivity index (χ4n) is 0.992. The number of anilines is 1. The summed E-state index contributed by atoms with van der Waals surface area (Å²) < 4.78 is 5.81. The lowest BCUT2D eigenvalue weighted by molar-refractivity contribution is 0.0506. The van der Waals surface area contributed by atoms with Crippen LogP contribution in [0.3, 0.4) is 0 Å². The van der Waals surface area contributed by atoms with E-state index in [-0.39, 0.29) is 5.97 Å². The quantitative estimate of drug-likeness (QED) is 0.669. The lowest BCUT2D eigenvalue weighted by Crippen LogP contribution is -2.08. The number of nitrogens with two attached hydrogens (primary N) is 1. The molecule has 0 aromatic heterocycles. The predicted molar refractivity (Wildman–Crippen MR) is 59.1 cm³/mol. The highest BCUT2D eigenvalue weighted by atomic mass is 79.9. The highest BCUT2D eigenvalue weighted by molar-refractivity contribution is 9.10. The minimum atomic E-state index is -0.364. The van der Waals surface area contributed by atoms with Crippen LogP contribution in [0.1, 0.15) is 23.7 Å². The van der Waals surface area contributed by atoms with Crippen LogP contribution in [0.2, 0.25) is 0 Å². The van der Waals surface area contributed by atoms with Crippen molar-refractivity contribution < 1.29 is 9.53 Å². The van der Waals surface area contributed by atoms with Crippen molar-refractivity contribution in [2.24, 2.45) is 0 Å². The number of hydrogen-bond acceptors (Lipinski definition) is 3. The second-order valence-corrected chi connectivity index (χ2v) is 3.78. The second kappa shape index (κ2) is 5.00. The molecule has 1 aromatic rings. The number of nitrogen functional groups attached to an aromatic ring is 1. The van der Waals surface area contributed by atoms with E-state index in [0.29, 0.717) is 17.9 Å². The number of rotatable bonds is 3. The molecule has 1 rings (SSSR count). The monoisotopic (exact) mass is 257 g/mol. The average molecular weight is 258 g/mol. The predicted octanol–water partition coefficient (Wildman–Crippen LogP) is 2.60. The summed E-state index contributed by atoms with van der Waals surface area (Å²) in [7, 11) is 0. The summed E-state index contributed by atoms with van der Waals surface area (Å²) >= 11 is 3.27. The van der Waals surface area contributed by atoms with Crippen LogP contribution in [0, 0.1) is 0 Å². The van der Waals surface area contributed by atoms with Crippen molar-refractivity contribution >= 4 is 27.6 Å². The van der Waals surface area contributed by atoms with E-state index < -0.39 is 0 Å². The maximum Gasteiger partial charge on any atom is 0.340 e. The van der Waals surface area contributed by atoms with E-state index in [2.05, 4.69) is 15.9 Å². The number of hydrogen-bond donors (Lipinski definition) is 1. The van der Waals surface area contributed by atoms with Crippen molar-refractivity contribution in [3.63, 3.8) is 0 Å². The van der Waals surface area contributed by atoms with Gasteiger partial charge in [0.05, 0.1) is 12.2 Å². The molecule has 0 saturated carbocycles. The summed E-state index contributed by atoms with van der Waals surface area (Å²) in [5.41, 5.74) is 6.51. The molecule has 0 atom stereocenters. The standard InChI is InChI=1S/C10H12BrNO2/c1-2-5-14-10(13)8-4-3-7(11)6-9(8)12/h3-4,6H,2,5,12H2,1H3. The number of carbonyl (C=O) groups is 1. The summed E-state index contributed by atoms with van der Waals surface area (Å²) in [5.74, 6) is -0.364. The maximum absolute atomic E-state index is 11.4. The van der Waals surface area contributed by atoms with Crippen molar-refractivity contribution in [1.82, 2.24) is 0 Å². The van der Waals surface area contributed by atoms with Gasteiger partial charge in [0.15, 0.2) is 0 Å². The van der Waals surface area contributed by atoms with Crippen LogP contribution in [-0.4, -0.2) is 12.6 Å². The molecular weight excluding hydrogens is 246 g/mol. The minimum Gasteiger partial charge on any atom is -0.462 e. The molecule has 1 aromatic carbocycles. The van der Waals surface area contributed by atoms with Gasteiger partial charge in [-0.15, -0.1) is 0 Å². The molecule has 76 valence electrons. The van der Waals surface area contributed by atoms with Gasteiger partial charge in [-0.1, -0.05) is 22.9 Å². The van der Waals surface area contributed by atoms with E-state index in [4.69, 9.17) is 10.5 Å². The molecule has 3 nitrogen and oxygen atoms in total. The molecule has 0 fully saturated rings. The van der Waals surface area contributed by atoms with Crippen molar-refractivity contribution in [2.75, 3.05) is 12.3 Å². The Morgan fingerprint density at radius 3 is 2.86 bits per heavy atom. The first-order valence-electron chi connectivity index (χ1n) is 4.37. The number of esters is 1. The van der Waals surface area contributed by atoms with Crippen LogP contribution < -0.4 is 5.73 Å². The zero-order chi connectivity index (χ0) is 10.6. The summed E-state index contributed by atoms with van der Waals surface area (Å²) in [6.45, 7) is 2.37. The van der Waals surface area contributed by atoms with Gasteiger partial charge in [-0.05, 0) is 24.6 Å². The second-order valence-electron chi connectivity index (χ2n) is 2.87. The van der Waals surface area contributed by atoms with Gasteiger partial charge in [-0.3, -0.25) is 0 Å². The van der Waals surface area contributed by atoms with Crippen molar-refractivity contribution in [3.05, 3.63) is 28.2 Å². The van der Waals surface area contributed by atoms with E-state index in [9.17, 15) is 4.79 Å². The molecular formula is C10H12BrNO2. The van der Waals surface area contributed by atoms with Crippen LogP contribution in [0.15, 0.2) is 22.7 Å². The van der Waals surface area contributed by atoms with Crippen molar-refractivity contribution in [1.29, 1.82) is 0 Å². The fraction of sp³-hybridized carbons (Fsp3) is 0.300. The van der Waals surface area contributed by atoms with E-state index in [1.165, 1.54) is 0 Å². The van der Waals surface area contributed by atoms with Crippen LogP contribution in [-0.2, 0) is 4.74 Å². The molecule has 0 unspecified atom stereocenters. The summed E-state index contributed by atoms with van der Waals surface area (Å²) in [6, 6.07) is 5.10. The number of carbonyl (C=O) groups excluding carboxylic acids is 1. The third-order valence-electron chi connectivity index (χ3n) is 1.67. The van der Waals surface area contributed by atoms with E-state index in [1.54, 1.807) is 18.2 Å². The Morgan fingerprint density at radius 2 is 2.29 bits per heavy atom. The molecule has 2 N–H and O–H groups in total.